The zero-order valence-corrected chi connectivity index (χ0v) is 12.6. The molecule has 0 atom stereocenters. The van der Waals surface area contributed by atoms with Crippen LogP contribution in [0, 0.1) is 18.3 Å². The first-order chi connectivity index (χ1) is 10.1. The molecule has 2 aromatic rings. The molecule has 2 rings (SSSR count). The maximum absolute atomic E-state index is 11.8. The Hall–Kier alpha value is -2.27. The van der Waals surface area contributed by atoms with Crippen LogP contribution in [0.2, 0.25) is 0 Å². The van der Waals surface area contributed by atoms with Gasteiger partial charge in [0.15, 0.2) is 0 Å². The quantitative estimate of drug-likeness (QED) is 0.612. The number of hydrogen-bond donors (Lipinski definition) is 0. The van der Waals surface area contributed by atoms with Crippen molar-refractivity contribution in [2.24, 2.45) is 5.92 Å². The van der Waals surface area contributed by atoms with E-state index in [4.69, 9.17) is 11.2 Å². The summed E-state index contributed by atoms with van der Waals surface area (Å²) in [4.78, 5) is 11.8. The molecule has 0 unspecified atom stereocenters. The molecule has 2 nitrogen and oxygen atoms in total. The van der Waals surface area contributed by atoms with Crippen molar-refractivity contribution in [2.45, 2.75) is 26.7 Å². The van der Waals surface area contributed by atoms with E-state index in [1.54, 1.807) is 0 Å². The number of ether oxygens (including phenoxy) is 1. The Labute approximate surface area is 126 Å². The lowest BCUT2D eigenvalue weighted by Gasteiger charge is -2.07. The number of terminal acetylenes is 1. The van der Waals surface area contributed by atoms with Crippen LogP contribution in [0.5, 0.6) is 0 Å². The van der Waals surface area contributed by atoms with E-state index in [0.29, 0.717) is 18.9 Å². The zero-order chi connectivity index (χ0) is 15.2. The lowest BCUT2D eigenvalue weighted by Crippen LogP contribution is -2.10. The molecule has 0 bridgehead atoms. The van der Waals surface area contributed by atoms with E-state index in [0.717, 1.165) is 28.3 Å². The van der Waals surface area contributed by atoms with Crippen LogP contribution in [-0.4, -0.2) is 12.6 Å². The highest BCUT2D eigenvalue weighted by atomic mass is 16.5. The molecule has 0 fully saturated rings. The van der Waals surface area contributed by atoms with Crippen LogP contribution in [0.15, 0.2) is 36.4 Å². The SMILES string of the molecule is C#Cc1ccc2cc(CC(=O)OCCC(C)C)ccc2c1. The number of carbonyl (C=O) groups excluding carboxylic acids is 1. The molecule has 0 saturated carbocycles. The lowest BCUT2D eigenvalue weighted by atomic mass is 10.0. The minimum absolute atomic E-state index is 0.171. The molecular formula is C19H20O2. The molecule has 2 aromatic carbocycles. The summed E-state index contributed by atoms with van der Waals surface area (Å²) in [7, 11) is 0. The molecule has 0 heterocycles. The smallest absolute Gasteiger partial charge is 0.310 e. The number of fused-ring (bicyclic) bond motifs is 1. The van der Waals surface area contributed by atoms with Gasteiger partial charge in [0.25, 0.3) is 0 Å². The molecule has 2 heteroatoms. The van der Waals surface area contributed by atoms with Crippen LogP contribution in [0.1, 0.15) is 31.4 Å². The highest BCUT2D eigenvalue weighted by molar-refractivity contribution is 5.85. The maximum Gasteiger partial charge on any atom is 0.310 e. The Morgan fingerprint density at radius 3 is 2.62 bits per heavy atom. The monoisotopic (exact) mass is 280 g/mol. The normalized spacial score (nSPS) is 10.6. The molecular weight excluding hydrogens is 260 g/mol. The summed E-state index contributed by atoms with van der Waals surface area (Å²) in [5.74, 6) is 3.00. The first-order valence-electron chi connectivity index (χ1n) is 7.23. The van der Waals surface area contributed by atoms with E-state index >= 15 is 0 Å². The predicted molar refractivity (Wildman–Crippen MR) is 86.0 cm³/mol. The second-order valence-corrected chi connectivity index (χ2v) is 5.62. The fourth-order valence-corrected chi connectivity index (χ4v) is 2.12. The lowest BCUT2D eigenvalue weighted by molar-refractivity contribution is -0.143. The molecule has 0 spiro atoms. The van der Waals surface area contributed by atoms with Crippen LogP contribution in [-0.2, 0) is 16.0 Å². The number of rotatable bonds is 5. The molecule has 0 aliphatic rings. The summed E-state index contributed by atoms with van der Waals surface area (Å²) in [6, 6.07) is 11.8. The van der Waals surface area contributed by atoms with Crippen LogP contribution in [0.25, 0.3) is 10.8 Å². The van der Waals surface area contributed by atoms with Gasteiger partial charge >= 0.3 is 5.97 Å². The Morgan fingerprint density at radius 1 is 1.19 bits per heavy atom. The summed E-state index contributed by atoms with van der Waals surface area (Å²) >= 11 is 0. The van der Waals surface area contributed by atoms with Gasteiger partial charge in [0.2, 0.25) is 0 Å². The Kier molecular flexibility index (Phi) is 5.00. The first-order valence-corrected chi connectivity index (χ1v) is 7.23. The van der Waals surface area contributed by atoms with Gasteiger partial charge in [-0.25, -0.2) is 0 Å². The molecule has 0 amide bonds. The van der Waals surface area contributed by atoms with Crippen molar-refractivity contribution in [3.63, 3.8) is 0 Å². The fraction of sp³-hybridized carbons (Fsp3) is 0.316. The largest absolute Gasteiger partial charge is 0.465 e. The molecule has 0 aliphatic heterocycles. The predicted octanol–water partition coefficient (Wildman–Crippen LogP) is 3.95. The summed E-state index contributed by atoms with van der Waals surface area (Å²) in [5, 5.41) is 2.17. The van der Waals surface area contributed by atoms with Crippen LogP contribution in [0.4, 0.5) is 0 Å². The second kappa shape index (κ2) is 6.95. The third kappa shape index (κ3) is 4.36. The van der Waals surface area contributed by atoms with E-state index < -0.39 is 0 Å². The molecule has 21 heavy (non-hydrogen) atoms. The zero-order valence-electron chi connectivity index (χ0n) is 12.6. The van der Waals surface area contributed by atoms with Crippen molar-refractivity contribution < 1.29 is 9.53 Å². The van der Waals surface area contributed by atoms with Crippen LogP contribution < -0.4 is 0 Å². The van der Waals surface area contributed by atoms with Crippen molar-refractivity contribution >= 4 is 16.7 Å². The van der Waals surface area contributed by atoms with Crippen molar-refractivity contribution in [3.8, 4) is 12.3 Å². The topological polar surface area (TPSA) is 26.3 Å². The highest BCUT2D eigenvalue weighted by Gasteiger charge is 2.06. The number of benzene rings is 2. The third-order valence-corrected chi connectivity index (χ3v) is 3.38. The minimum Gasteiger partial charge on any atom is -0.465 e. The summed E-state index contributed by atoms with van der Waals surface area (Å²) in [6.07, 6.45) is 6.60. The summed E-state index contributed by atoms with van der Waals surface area (Å²) < 4.78 is 5.24. The molecule has 0 radical (unpaired) electrons. The van der Waals surface area contributed by atoms with Crippen LogP contribution in [0.3, 0.4) is 0 Å². The third-order valence-electron chi connectivity index (χ3n) is 3.38. The van der Waals surface area contributed by atoms with Gasteiger partial charge < -0.3 is 4.74 Å². The van der Waals surface area contributed by atoms with Gasteiger partial charge in [-0.1, -0.05) is 44.0 Å². The molecule has 0 N–H and O–H groups in total. The van der Waals surface area contributed by atoms with Gasteiger partial charge in [0.05, 0.1) is 13.0 Å². The van der Waals surface area contributed by atoms with Crippen molar-refractivity contribution in [3.05, 3.63) is 47.5 Å². The van der Waals surface area contributed by atoms with E-state index in [9.17, 15) is 4.79 Å². The van der Waals surface area contributed by atoms with Gasteiger partial charge in [-0.15, -0.1) is 6.42 Å². The Morgan fingerprint density at radius 2 is 1.90 bits per heavy atom. The fourth-order valence-electron chi connectivity index (χ4n) is 2.12. The summed E-state index contributed by atoms with van der Waals surface area (Å²) in [6.45, 7) is 4.72. The maximum atomic E-state index is 11.8. The van der Waals surface area contributed by atoms with Crippen molar-refractivity contribution in [1.29, 1.82) is 0 Å². The van der Waals surface area contributed by atoms with Gasteiger partial charge in [0, 0.05) is 5.56 Å². The van der Waals surface area contributed by atoms with E-state index in [2.05, 4.69) is 19.8 Å². The van der Waals surface area contributed by atoms with E-state index in [-0.39, 0.29) is 5.97 Å². The van der Waals surface area contributed by atoms with Crippen LogP contribution >= 0.6 is 0 Å². The van der Waals surface area contributed by atoms with Gasteiger partial charge in [-0.2, -0.15) is 0 Å². The van der Waals surface area contributed by atoms with E-state index in [1.807, 2.05) is 36.4 Å². The number of carbonyl (C=O) groups is 1. The average molecular weight is 280 g/mol. The van der Waals surface area contributed by atoms with Gasteiger partial charge in [0.1, 0.15) is 0 Å². The molecule has 108 valence electrons. The van der Waals surface area contributed by atoms with Crippen molar-refractivity contribution in [2.75, 3.05) is 6.61 Å². The second-order valence-electron chi connectivity index (χ2n) is 5.62. The van der Waals surface area contributed by atoms with Gasteiger partial charge in [-0.05, 0) is 40.8 Å². The first kappa shape index (κ1) is 15.1. The van der Waals surface area contributed by atoms with Crippen molar-refractivity contribution in [1.82, 2.24) is 0 Å². The number of hydrogen-bond acceptors (Lipinski definition) is 2. The molecule has 0 aliphatic carbocycles. The van der Waals surface area contributed by atoms with Gasteiger partial charge in [-0.3, -0.25) is 4.79 Å². The standard InChI is InChI=1S/C19H20O2/c1-4-15-5-7-18-12-16(6-8-17(18)11-15)13-19(20)21-10-9-14(2)3/h1,5-8,11-12,14H,9-10,13H2,2-3H3. The molecule has 0 aromatic heterocycles. The molecule has 0 saturated heterocycles. The Balaban J connectivity index is 2.03. The van der Waals surface area contributed by atoms with E-state index in [1.165, 1.54) is 0 Å². The highest BCUT2D eigenvalue weighted by Crippen LogP contribution is 2.18. The minimum atomic E-state index is -0.171. The average Bonchev–Trinajstić information content (AvgIpc) is 2.46. The Bertz CT molecular complexity index is 678. The number of esters is 1. The summed E-state index contributed by atoms with van der Waals surface area (Å²) in [5.41, 5.74) is 1.83.